The lowest BCUT2D eigenvalue weighted by Gasteiger charge is -2.06. The van der Waals surface area contributed by atoms with E-state index in [9.17, 15) is 4.79 Å². The summed E-state index contributed by atoms with van der Waals surface area (Å²) in [6.07, 6.45) is 4.42. The second kappa shape index (κ2) is 2.61. The predicted octanol–water partition coefficient (Wildman–Crippen LogP) is 0.460. The topological polar surface area (TPSA) is 29.5 Å². The maximum absolute atomic E-state index is 10.8. The van der Waals surface area contributed by atoms with E-state index in [0.717, 1.165) is 0 Å². The van der Waals surface area contributed by atoms with Crippen molar-refractivity contribution in [2.45, 2.75) is 13.0 Å². The van der Waals surface area contributed by atoms with Gasteiger partial charge in [0, 0.05) is 6.54 Å². The molecule has 1 aliphatic rings. The highest BCUT2D eigenvalue weighted by atomic mass is 16.6. The third kappa shape index (κ3) is 1.06. The Bertz CT molecular complexity index is 183. The molecule has 0 aromatic carbocycles. The highest BCUT2D eigenvalue weighted by Crippen LogP contribution is 2.08. The molecule has 1 fully saturated rings. The second-order valence-corrected chi connectivity index (χ2v) is 2.08. The van der Waals surface area contributed by atoms with Crippen LogP contribution in [0.1, 0.15) is 6.92 Å². The third-order valence-electron chi connectivity index (χ3n) is 1.46. The highest BCUT2D eigenvalue weighted by molar-refractivity contribution is 5.70. The molecule has 1 amide bonds. The van der Waals surface area contributed by atoms with Gasteiger partial charge in [-0.15, -0.1) is 6.42 Å². The molecule has 3 heteroatoms. The van der Waals surface area contributed by atoms with Gasteiger partial charge >= 0.3 is 6.09 Å². The van der Waals surface area contributed by atoms with Crippen LogP contribution in [-0.4, -0.2) is 30.2 Å². The number of likely N-dealkylation sites (N-methyl/N-ethyl adjacent to an activating group) is 1. The lowest BCUT2D eigenvalue weighted by atomic mass is 10.4. The summed E-state index contributed by atoms with van der Waals surface area (Å²) in [5.41, 5.74) is 0. The van der Waals surface area contributed by atoms with Crippen LogP contribution in [0.25, 0.3) is 0 Å². The van der Waals surface area contributed by atoms with Crippen LogP contribution in [-0.2, 0) is 4.74 Å². The van der Waals surface area contributed by atoms with E-state index in [-0.39, 0.29) is 12.2 Å². The molecule has 10 heavy (non-hydrogen) atoms. The van der Waals surface area contributed by atoms with Crippen LogP contribution in [0, 0.1) is 12.3 Å². The third-order valence-corrected chi connectivity index (χ3v) is 1.46. The Morgan fingerprint density at radius 1 is 2.00 bits per heavy atom. The van der Waals surface area contributed by atoms with Crippen LogP contribution in [0.5, 0.6) is 0 Å². The monoisotopic (exact) mass is 139 g/mol. The number of carbonyl (C=O) groups excluding carboxylic acids is 1. The summed E-state index contributed by atoms with van der Waals surface area (Å²) in [4.78, 5) is 12.4. The van der Waals surface area contributed by atoms with Gasteiger partial charge in [-0.05, 0) is 6.92 Å². The number of ether oxygens (including phenoxy) is 1. The number of cyclic esters (lactones) is 1. The number of hydrogen-bond acceptors (Lipinski definition) is 2. The van der Waals surface area contributed by atoms with E-state index < -0.39 is 0 Å². The molecule has 54 valence electrons. The molecule has 0 aliphatic carbocycles. The fraction of sp³-hybridized carbons (Fsp3) is 0.571. The Labute approximate surface area is 60.0 Å². The van der Waals surface area contributed by atoms with Crippen molar-refractivity contribution in [1.82, 2.24) is 4.90 Å². The smallest absolute Gasteiger partial charge is 0.411 e. The lowest BCUT2D eigenvalue weighted by Crippen LogP contribution is -2.24. The van der Waals surface area contributed by atoms with Gasteiger partial charge in [-0.2, -0.15) is 0 Å². The SMILES string of the molecule is C#CC1CN(CC)C(=O)O1. The van der Waals surface area contributed by atoms with Gasteiger partial charge in [0.25, 0.3) is 0 Å². The number of terminal acetylenes is 1. The van der Waals surface area contributed by atoms with Gasteiger partial charge in [-0.25, -0.2) is 4.79 Å². The maximum Gasteiger partial charge on any atom is 0.411 e. The van der Waals surface area contributed by atoms with Crippen LogP contribution in [0.3, 0.4) is 0 Å². The van der Waals surface area contributed by atoms with Gasteiger partial charge in [0.05, 0.1) is 6.54 Å². The molecule has 0 aromatic heterocycles. The van der Waals surface area contributed by atoms with Crippen molar-refractivity contribution in [3.8, 4) is 12.3 Å². The summed E-state index contributed by atoms with van der Waals surface area (Å²) in [6, 6.07) is 0. The Balaban J connectivity index is 2.54. The van der Waals surface area contributed by atoms with Crippen molar-refractivity contribution in [1.29, 1.82) is 0 Å². The average molecular weight is 139 g/mol. The van der Waals surface area contributed by atoms with Crippen LogP contribution in [0.4, 0.5) is 4.79 Å². The van der Waals surface area contributed by atoms with Crippen LogP contribution >= 0.6 is 0 Å². The molecule has 0 spiro atoms. The summed E-state index contributed by atoms with van der Waals surface area (Å²) in [7, 11) is 0. The van der Waals surface area contributed by atoms with E-state index in [1.807, 2.05) is 6.92 Å². The van der Waals surface area contributed by atoms with Gasteiger partial charge < -0.3 is 9.64 Å². The standard InChI is InChI=1S/C7H9NO2/c1-3-6-5-8(4-2)7(9)10-6/h1,6H,4-5H2,2H3. The first-order chi connectivity index (χ1) is 4.77. The zero-order valence-corrected chi connectivity index (χ0v) is 5.83. The Kier molecular flexibility index (Phi) is 1.81. The molecular weight excluding hydrogens is 130 g/mol. The van der Waals surface area contributed by atoms with Crippen molar-refractivity contribution >= 4 is 6.09 Å². The zero-order chi connectivity index (χ0) is 7.56. The number of rotatable bonds is 1. The molecule has 0 aromatic rings. The second-order valence-electron chi connectivity index (χ2n) is 2.08. The maximum atomic E-state index is 10.8. The Hall–Kier alpha value is -1.17. The van der Waals surface area contributed by atoms with E-state index in [0.29, 0.717) is 13.1 Å². The van der Waals surface area contributed by atoms with Gasteiger partial charge in [0.2, 0.25) is 0 Å². The molecule has 0 radical (unpaired) electrons. The molecule has 0 saturated carbocycles. The Morgan fingerprint density at radius 2 is 2.70 bits per heavy atom. The Morgan fingerprint density at radius 3 is 3.00 bits per heavy atom. The summed E-state index contributed by atoms with van der Waals surface area (Å²) in [6.45, 7) is 3.09. The molecule has 1 unspecified atom stereocenters. The molecule has 0 N–H and O–H groups in total. The summed E-state index contributed by atoms with van der Waals surface area (Å²) >= 11 is 0. The normalized spacial score (nSPS) is 24.2. The fourth-order valence-corrected chi connectivity index (χ4v) is 0.853. The molecule has 0 bridgehead atoms. The van der Waals surface area contributed by atoms with E-state index in [2.05, 4.69) is 5.92 Å². The minimum absolute atomic E-state index is 0.301. The van der Waals surface area contributed by atoms with E-state index >= 15 is 0 Å². The largest absolute Gasteiger partial charge is 0.431 e. The highest BCUT2D eigenvalue weighted by Gasteiger charge is 2.27. The van der Waals surface area contributed by atoms with Crippen molar-refractivity contribution in [2.75, 3.05) is 13.1 Å². The van der Waals surface area contributed by atoms with E-state index in [1.54, 1.807) is 4.90 Å². The molecule has 1 rings (SSSR count). The number of amides is 1. The first-order valence-electron chi connectivity index (χ1n) is 3.19. The molecule has 3 nitrogen and oxygen atoms in total. The quantitative estimate of drug-likeness (QED) is 0.494. The van der Waals surface area contributed by atoms with Gasteiger partial charge in [0.15, 0.2) is 6.10 Å². The molecule has 1 heterocycles. The number of hydrogen-bond donors (Lipinski definition) is 0. The molecule has 1 aliphatic heterocycles. The van der Waals surface area contributed by atoms with Crippen molar-refractivity contribution in [3.63, 3.8) is 0 Å². The lowest BCUT2D eigenvalue weighted by molar-refractivity contribution is 0.148. The van der Waals surface area contributed by atoms with Crippen LogP contribution in [0.2, 0.25) is 0 Å². The van der Waals surface area contributed by atoms with Gasteiger partial charge in [0.1, 0.15) is 0 Å². The van der Waals surface area contributed by atoms with Crippen molar-refractivity contribution in [3.05, 3.63) is 0 Å². The minimum atomic E-state index is -0.340. The molecular formula is C7H9NO2. The van der Waals surface area contributed by atoms with Crippen molar-refractivity contribution in [2.24, 2.45) is 0 Å². The summed E-state index contributed by atoms with van der Waals surface area (Å²) < 4.78 is 4.76. The first kappa shape index (κ1) is 6.94. The van der Waals surface area contributed by atoms with Gasteiger partial charge in [-0.3, -0.25) is 0 Å². The van der Waals surface area contributed by atoms with Gasteiger partial charge in [-0.1, -0.05) is 5.92 Å². The average Bonchev–Trinajstić information content (AvgIpc) is 2.30. The number of nitrogens with zero attached hydrogens (tertiary/aromatic N) is 1. The summed E-state index contributed by atoms with van der Waals surface area (Å²) in [5, 5.41) is 0. The molecule has 1 atom stereocenters. The van der Waals surface area contributed by atoms with Crippen LogP contribution in [0.15, 0.2) is 0 Å². The van der Waals surface area contributed by atoms with E-state index in [4.69, 9.17) is 11.2 Å². The fourth-order valence-electron chi connectivity index (χ4n) is 0.853. The summed E-state index contributed by atoms with van der Waals surface area (Å²) in [5.74, 6) is 2.37. The predicted molar refractivity (Wildman–Crippen MR) is 36.3 cm³/mol. The first-order valence-corrected chi connectivity index (χ1v) is 3.19. The minimum Gasteiger partial charge on any atom is -0.431 e. The van der Waals surface area contributed by atoms with Crippen LogP contribution < -0.4 is 0 Å². The number of carbonyl (C=O) groups is 1. The zero-order valence-electron chi connectivity index (χ0n) is 5.83. The molecule has 1 saturated heterocycles. The van der Waals surface area contributed by atoms with Crippen molar-refractivity contribution < 1.29 is 9.53 Å². The van der Waals surface area contributed by atoms with E-state index in [1.165, 1.54) is 0 Å².